The molecule has 3 rings (SSSR count). The van der Waals surface area contributed by atoms with E-state index in [-0.39, 0.29) is 5.78 Å². The Morgan fingerprint density at radius 3 is 2.95 bits per heavy atom. The van der Waals surface area contributed by atoms with Gasteiger partial charge in [-0.2, -0.15) is 0 Å². The lowest BCUT2D eigenvalue weighted by Gasteiger charge is -2.19. The Labute approximate surface area is 133 Å². The number of ketones is 1. The lowest BCUT2D eigenvalue weighted by atomic mass is 9.99. The predicted molar refractivity (Wildman–Crippen MR) is 83.3 cm³/mol. The van der Waals surface area contributed by atoms with Gasteiger partial charge in [-0.1, -0.05) is 12.1 Å². The summed E-state index contributed by atoms with van der Waals surface area (Å²) in [5.41, 5.74) is 2.07. The first kappa shape index (κ1) is 13.8. The molecule has 0 bridgehead atoms. The first-order valence-corrected chi connectivity index (χ1v) is 7.86. The number of carbonyl (C=O) groups is 1. The monoisotopic (exact) mass is 395 g/mol. The summed E-state index contributed by atoms with van der Waals surface area (Å²) in [6, 6.07) is 7.52. The average molecular weight is 397 g/mol. The van der Waals surface area contributed by atoms with Crippen LogP contribution in [0.4, 0.5) is 0 Å². The molecule has 0 saturated heterocycles. The molecule has 3 nitrogen and oxygen atoms in total. The van der Waals surface area contributed by atoms with Gasteiger partial charge < -0.3 is 4.74 Å². The van der Waals surface area contributed by atoms with Crippen LogP contribution in [-0.4, -0.2) is 17.4 Å². The standard InChI is InChI=1S/C15H11Br2NO2/c16-10-7-12(17)13(18-8-10)14(19)11-5-1-3-9-4-2-6-20-15(9)11/h1,3,5,7-8H,2,4,6H2. The molecule has 2 heterocycles. The fourth-order valence-electron chi connectivity index (χ4n) is 2.28. The molecule has 0 N–H and O–H groups in total. The Morgan fingerprint density at radius 2 is 2.15 bits per heavy atom. The van der Waals surface area contributed by atoms with Crippen LogP contribution >= 0.6 is 31.9 Å². The van der Waals surface area contributed by atoms with Crippen molar-refractivity contribution in [2.75, 3.05) is 6.61 Å². The lowest BCUT2D eigenvalue weighted by Crippen LogP contribution is -2.14. The number of rotatable bonds is 2. The third-order valence-electron chi connectivity index (χ3n) is 3.20. The maximum atomic E-state index is 12.7. The summed E-state index contributed by atoms with van der Waals surface area (Å²) in [5, 5.41) is 0. The van der Waals surface area contributed by atoms with Crippen molar-refractivity contribution in [1.82, 2.24) is 4.98 Å². The molecule has 0 aliphatic carbocycles. The molecule has 1 aromatic heterocycles. The van der Waals surface area contributed by atoms with Gasteiger partial charge in [-0.15, -0.1) is 0 Å². The number of halogens is 2. The van der Waals surface area contributed by atoms with Gasteiger partial charge in [-0.3, -0.25) is 9.78 Å². The Bertz CT molecular complexity index is 686. The summed E-state index contributed by atoms with van der Waals surface area (Å²) in [6.07, 6.45) is 3.56. The van der Waals surface area contributed by atoms with Gasteiger partial charge in [0.1, 0.15) is 11.4 Å². The first-order valence-electron chi connectivity index (χ1n) is 6.27. The molecule has 1 aromatic carbocycles. The molecule has 0 fully saturated rings. The van der Waals surface area contributed by atoms with Crippen LogP contribution in [0.5, 0.6) is 5.75 Å². The van der Waals surface area contributed by atoms with Crippen molar-refractivity contribution >= 4 is 37.6 Å². The maximum Gasteiger partial charge on any atom is 0.216 e. The van der Waals surface area contributed by atoms with E-state index in [4.69, 9.17) is 4.74 Å². The summed E-state index contributed by atoms with van der Waals surface area (Å²) in [6.45, 7) is 0.659. The number of benzene rings is 1. The highest BCUT2D eigenvalue weighted by atomic mass is 79.9. The summed E-state index contributed by atoms with van der Waals surface area (Å²) in [5.74, 6) is 0.587. The molecule has 5 heteroatoms. The second-order valence-electron chi connectivity index (χ2n) is 4.56. The second kappa shape index (κ2) is 5.66. The lowest BCUT2D eigenvalue weighted by molar-refractivity contribution is 0.102. The van der Waals surface area contributed by atoms with E-state index in [0.29, 0.717) is 28.1 Å². The van der Waals surface area contributed by atoms with E-state index >= 15 is 0 Å². The van der Waals surface area contributed by atoms with Gasteiger partial charge in [0, 0.05) is 15.1 Å². The molecular formula is C15H11Br2NO2. The van der Waals surface area contributed by atoms with Crippen molar-refractivity contribution in [3.05, 3.63) is 56.2 Å². The molecule has 1 aliphatic heterocycles. The average Bonchev–Trinajstić information content (AvgIpc) is 2.46. The number of aromatic nitrogens is 1. The minimum absolute atomic E-state index is 0.122. The molecule has 102 valence electrons. The minimum atomic E-state index is -0.122. The molecule has 1 aliphatic rings. The smallest absolute Gasteiger partial charge is 0.216 e. The molecule has 0 amide bonds. The van der Waals surface area contributed by atoms with Crippen molar-refractivity contribution in [2.24, 2.45) is 0 Å². The molecule has 20 heavy (non-hydrogen) atoms. The highest BCUT2D eigenvalue weighted by Crippen LogP contribution is 2.31. The fraction of sp³-hybridized carbons (Fsp3) is 0.200. The summed E-state index contributed by atoms with van der Waals surface area (Å²) in [7, 11) is 0. The van der Waals surface area contributed by atoms with E-state index in [1.54, 1.807) is 12.3 Å². The zero-order valence-corrected chi connectivity index (χ0v) is 13.7. The summed E-state index contributed by atoms with van der Waals surface area (Å²) < 4.78 is 7.19. The van der Waals surface area contributed by atoms with Crippen LogP contribution in [0.3, 0.4) is 0 Å². The first-order chi connectivity index (χ1) is 9.66. The van der Waals surface area contributed by atoms with Crippen LogP contribution in [0.15, 0.2) is 39.4 Å². The van der Waals surface area contributed by atoms with Crippen LogP contribution in [0.1, 0.15) is 28.0 Å². The Morgan fingerprint density at radius 1 is 1.30 bits per heavy atom. The maximum absolute atomic E-state index is 12.7. The van der Waals surface area contributed by atoms with Crippen LogP contribution < -0.4 is 4.74 Å². The fourth-order valence-corrected chi connectivity index (χ4v) is 3.44. The van der Waals surface area contributed by atoms with Gasteiger partial charge in [0.15, 0.2) is 0 Å². The third-order valence-corrected chi connectivity index (χ3v) is 4.24. The van der Waals surface area contributed by atoms with E-state index in [2.05, 4.69) is 36.8 Å². The van der Waals surface area contributed by atoms with E-state index in [9.17, 15) is 4.79 Å². The third kappa shape index (κ3) is 2.52. The number of hydrogen-bond donors (Lipinski definition) is 0. The van der Waals surface area contributed by atoms with Gasteiger partial charge in [0.2, 0.25) is 5.78 Å². The number of para-hydroxylation sites is 1. The largest absolute Gasteiger partial charge is 0.493 e. The number of fused-ring (bicyclic) bond motifs is 1. The molecule has 2 aromatic rings. The van der Waals surface area contributed by atoms with Crippen LogP contribution in [-0.2, 0) is 6.42 Å². The summed E-state index contributed by atoms with van der Waals surface area (Å²) in [4.78, 5) is 16.9. The molecule has 0 unspecified atom stereocenters. The quantitative estimate of drug-likeness (QED) is 0.715. The van der Waals surface area contributed by atoms with Gasteiger partial charge in [-0.05, 0) is 62.4 Å². The number of nitrogens with zero attached hydrogens (tertiary/aromatic N) is 1. The van der Waals surface area contributed by atoms with E-state index in [0.717, 1.165) is 22.9 Å². The predicted octanol–water partition coefficient (Wildman–Crippen LogP) is 4.16. The minimum Gasteiger partial charge on any atom is -0.493 e. The topological polar surface area (TPSA) is 39.2 Å². The van der Waals surface area contributed by atoms with E-state index < -0.39 is 0 Å². The number of ether oxygens (including phenoxy) is 1. The van der Waals surface area contributed by atoms with Crippen LogP contribution in [0.25, 0.3) is 0 Å². The van der Waals surface area contributed by atoms with Gasteiger partial charge in [0.25, 0.3) is 0 Å². The molecular weight excluding hydrogens is 386 g/mol. The number of hydrogen-bond acceptors (Lipinski definition) is 3. The van der Waals surface area contributed by atoms with Crippen molar-refractivity contribution in [1.29, 1.82) is 0 Å². The van der Waals surface area contributed by atoms with Crippen molar-refractivity contribution in [2.45, 2.75) is 12.8 Å². The highest BCUT2D eigenvalue weighted by Gasteiger charge is 2.22. The van der Waals surface area contributed by atoms with Gasteiger partial charge in [-0.25, -0.2) is 0 Å². The number of carbonyl (C=O) groups excluding carboxylic acids is 1. The van der Waals surface area contributed by atoms with Crippen LogP contribution in [0, 0.1) is 0 Å². The second-order valence-corrected chi connectivity index (χ2v) is 6.33. The molecule has 0 radical (unpaired) electrons. The van der Waals surface area contributed by atoms with E-state index in [1.807, 2.05) is 18.2 Å². The summed E-state index contributed by atoms with van der Waals surface area (Å²) >= 11 is 6.72. The highest BCUT2D eigenvalue weighted by molar-refractivity contribution is 9.11. The Balaban J connectivity index is 2.07. The Hall–Kier alpha value is -1.20. The van der Waals surface area contributed by atoms with Gasteiger partial charge in [0.05, 0.1) is 12.2 Å². The van der Waals surface area contributed by atoms with Crippen molar-refractivity contribution in [3.63, 3.8) is 0 Å². The zero-order chi connectivity index (χ0) is 14.1. The van der Waals surface area contributed by atoms with Crippen molar-refractivity contribution in [3.8, 4) is 5.75 Å². The zero-order valence-electron chi connectivity index (χ0n) is 10.5. The number of pyridine rings is 1. The molecule has 0 atom stereocenters. The molecule has 0 saturated carbocycles. The molecule has 0 spiro atoms. The van der Waals surface area contributed by atoms with E-state index in [1.165, 1.54) is 0 Å². The Kier molecular flexibility index (Phi) is 3.89. The van der Waals surface area contributed by atoms with Gasteiger partial charge >= 0.3 is 0 Å². The number of aryl methyl sites for hydroxylation is 1. The van der Waals surface area contributed by atoms with Crippen LogP contribution in [0.2, 0.25) is 0 Å². The SMILES string of the molecule is O=C(c1cccc2c1OCCC2)c1ncc(Br)cc1Br. The van der Waals surface area contributed by atoms with Crippen molar-refractivity contribution < 1.29 is 9.53 Å². The normalized spacial score (nSPS) is 13.5.